The highest BCUT2D eigenvalue weighted by atomic mass is 16.5. The highest BCUT2D eigenvalue weighted by Crippen LogP contribution is 2.34. The molecule has 144 valence electrons. The van der Waals surface area contributed by atoms with E-state index < -0.39 is 0 Å². The van der Waals surface area contributed by atoms with Crippen molar-refractivity contribution in [2.24, 2.45) is 11.8 Å². The summed E-state index contributed by atoms with van der Waals surface area (Å²) >= 11 is 0. The summed E-state index contributed by atoms with van der Waals surface area (Å²) in [6, 6.07) is 2.17. The second kappa shape index (κ2) is 6.87. The Kier molecular flexibility index (Phi) is 4.36. The van der Waals surface area contributed by atoms with Crippen LogP contribution in [0, 0.1) is 11.8 Å². The molecule has 2 atom stereocenters. The molecule has 0 spiro atoms. The summed E-state index contributed by atoms with van der Waals surface area (Å²) in [6.45, 7) is 12.3. The van der Waals surface area contributed by atoms with Crippen molar-refractivity contribution < 1.29 is 4.74 Å². The van der Waals surface area contributed by atoms with Crippen molar-refractivity contribution in [3.8, 4) is 0 Å². The number of fused-ring (bicyclic) bond motifs is 2. The molecule has 5 rings (SSSR count). The molecule has 0 N–H and O–H groups in total. The predicted octanol–water partition coefficient (Wildman–Crippen LogP) is 1.89. The lowest BCUT2D eigenvalue weighted by Crippen LogP contribution is -2.30. The first-order chi connectivity index (χ1) is 13.2. The number of rotatable bonds is 4. The lowest BCUT2D eigenvalue weighted by molar-refractivity contribution is 0.0797. The number of likely N-dealkylation sites (tertiary alicyclic amines) is 1. The van der Waals surface area contributed by atoms with Crippen LogP contribution in [-0.2, 0) is 24.4 Å². The van der Waals surface area contributed by atoms with Crippen LogP contribution in [-0.4, -0.2) is 57.2 Å². The summed E-state index contributed by atoms with van der Waals surface area (Å²) in [5.41, 5.74) is 2.47. The number of ether oxygens (including phenoxy) is 1. The van der Waals surface area contributed by atoms with Crippen LogP contribution in [0.2, 0.25) is 0 Å². The smallest absolute Gasteiger partial charge is 0.135 e. The van der Waals surface area contributed by atoms with Crippen LogP contribution in [0.25, 0.3) is 0 Å². The first kappa shape index (κ1) is 17.1. The fourth-order valence-corrected chi connectivity index (χ4v) is 4.77. The topological polar surface area (TPSA) is 59.3 Å². The molecule has 0 radical (unpaired) electrons. The van der Waals surface area contributed by atoms with E-state index >= 15 is 0 Å². The van der Waals surface area contributed by atoms with Crippen LogP contribution in [0.4, 0.5) is 5.82 Å². The normalized spacial score (nSPS) is 25.2. The second-order valence-corrected chi connectivity index (χ2v) is 8.44. The molecule has 3 aliphatic rings. The zero-order valence-corrected chi connectivity index (χ0v) is 16.2. The van der Waals surface area contributed by atoms with Crippen molar-refractivity contribution in [2.75, 3.05) is 37.7 Å². The molecule has 2 fully saturated rings. The van der Waals surface area contributed by atoms with Crippen LogP contribution in [0.3, 0.4) is 0 Å². The number of anilines is 1. The zero-order chi connectivity index (χ0) is 18.4. The van der Waals surface area contributed by atoms with Gasteiger partial charge in [0.25, 0.3) is 0 Å². The Morgan fingerprint density at radius 2 is 1.93 bits per heavy atom. The van der Waals surface area contributed by atoms with E-state index in [1.54, 1.807) is 6.33 Å². The van der Waals surface area contributed by atoms with Crippen molar-refractivity contribution in [1.29, 1.82) is 0 Å². The lowest BCUT2D eigenvalue weighted by Gasteiger charge is -2.24. The summed E-state index contributed by atoms with van der Waals surface area (Å²) in [5, 5.41) is 0. The van der Waals surface area contributed by atoms with Gasteiger partial charge in [-0.1, -0.05) is 13.8 Å². The van der Waals surface area contributed by atoms with Crippen molar-refractivity contribution in [3.05, 3.63) is 35.8 Å². The van der Waals surface area contributed by atoms with Gasteiger partial charge in [0.2, 0.25) is 0 Å². The molecule has 27 heavy (non-hydrogen) atoms. The van der Waals surface area contributed by atoms with Gasteiger partial charge in [0.15, 0.2) is 0 Å². The summed E-state index contributed by atoms with van der Waals surface area (Å²) in [6.07, 6.45) is 3.76. The molecule has 3 aliphatic heterocycles. The van der Waals surface area contributed by atoms with Crippen molar-refractivity contribution in [3.63, 3.8) is 0 Å². The molecule has 5 heterocycles. The highest BCUT2D eigenvalue weighted by Gasteiger charge is 2.40. The maximum atomic E-state index is 5.50. The van der Waals surface area contributed by atoms with Crippen molar-refractivity contribution in [1.82, 2.24) is 24.4 Å². The molecule has 0 saturated carbocycles. The second-order valence-electron chi connectivity index (χ2n) is 8.44. The first-order valence-corrected chi connectivity index (χ1v) is 10.1. The van der Waals surface area contributed by atoms with Gasteiger partial charge >= 0.3 is 0 Å². The number of hydrogen-bond donors (Lipinski definition) is 0. The average Bonchev–Trinajstić information content (AvgIpc) is 3.36. The molecule has 2 aromatic heterocycles. The number of nitrogens with zero attached hydrogens (tertiary/aromatic N) is 6. The third-order valence-electron chi connectivity index (χ3n) is 6.25. The van der Waals surface area contributed by atoms with Crippen molar-refractivity contribution >= 4 is 5.82 Å². The standard InChI is InChI=1S/C20H28N6O/c1-14(2)18-5-19(23-13-22-18)25-9-15-7-24(8-16(15)10-25)11-17-6-21-20-12-27-4-3-26(17)20/h5-6,13-16H,3-4,7-12H2,1-2H3. The highest BCUT2D eigenvalue weighted by molar-refractivity contribution is 5.41. The zero-order valence-electron chi connectivity index (χ0n) is 16.2. The van der Waals surface area contributed by atoms with Gasteiger partial charge < -0.3 is 14.2 Å². The fourth-order valence-electron chi connectivity index (χ4n) is 4.77. The minimum atomic E-state index is 0.441. The Balaban J connectivity index is 1.22. The molecule has 7 heteroatoms. The molecular weight excluding hydrogens is 340 g/mol. The molecule has 7 nitrogen and oxygen atoms in total. The van der Waals surface area contributed by atoms with E-state index in [9.17, 15) is 0 Å². The minimum Gasteiger partial charge on any atom is -0.372 e. The molecule has 2 saturated heterocycles. The monoisotopic (exact) mass is 368 g/mol. The van der Waals surface area contributed by atoms with Gasteiger partial charge in [-0.3, -0.25) is 4.90 Å². The molecule has 0 amide bonds. The Hall–Kier alpha value is -1.99. The lowest BCUT2D eigenvalue weighted by atomic mass is 10.0. The van der Waals surface area contributed by atoms with Gasteiger partial charge in [0.1, 0.15) is 24.6 Å². The van der Waals surface area contributed by atoms with E-state index in [2.05, 4.69) is 49.2 Å². The largest absolute Gasteiger partial charge is 0.372 e. The third-order valence-corrected chi connectivity index (χ3v) is 6.25. The van der Waals surface area contributed by atoms with Gasteiger partial charge in [-0.05, 0) is 17.8 Å². The quantitative estimate of drug-likeness (QED) is 0.821. The maximum Gasteiger partial charge on any atom is 0.135 e. The van der Waals surface area contributed by atoms with Crippen LogP contribution in [0.1, 0.15) is 37.0 Å². The van der Waals surface area contributed by atoms with Crippen LogP contribution < -0.4 is 4.90 Å². The SMILES string of the molecule is CC(C)c1cc(N2CC3CN(Cc4cnc5n4CCOC5)CC3C2)ncn1. The number of aromatic nitrogens is 4. The molecule has 0 aliphatic carbocycles. The van der Waals surface area contributed by atoms with E-state index in [1.165, 1.54) is 18.8 Å². The molecular formula is C20H28N6O. The predicted molar refractivity (Wildman–Crippen MR) is 102 cm³/mol. The summed E-state index contributed by atoms with van der Waals surface area (Å²) in [4.78, 5) is 18.5. The summed E-state index contributed by atoms with van der Waals surface area (Å²) in [7, 11) is 0. The van der Waals surface area contributed by atoms with Crippen LogP contribution in [0.15, 0.2) is 18.6 Å². The van der Waals surface area contributed by atoms with Crippen molar-refractivity contribution in [2.45, 2.75) is 39.5 Å². The average molecular weight is 368 g/mol. The van der Waals surface area contributed by atoms with Gasteiger partial charge in [0, 0.05) is 57.2 Å². The van der Waals surface area contributed by atoms with Gasteiger partial charge in [-0.2, -0.15) is 0 Å². The Morgan fingerprint density at radius 3 is 2.70 bits per heavy atom. The van der Waals surface area contributed by atoms with E-state index in [0.717, 1.165) is 62.0 Å². The van der Waals surface area contributed by atoms with Gasteiger partial charge in [-0.15, -0.1) is 0 Å². The summed E-state index contributed by atoms with van der Waals surface area (Å²) in [5.74, 6) is 4.08. The van der Waals surface area contributed by atoms with Crippen LogP contribution >= 0.6 is 0 Å². The van der Waals surface area contributed by atoms with E-state index in [4.69, 9.17) is 4.74 Å². The number of hydrogen-bond acceptors (Lipinski definition) is 6. The number of imidazole rings is 1. The maximum absolute atomic E-state index is 5.50. The molecule has 2 unspecified atom stereocenters. The Morgan fingerprint density at radius 1 is 1.11 bits per heavy atom. The van der Waals surface area contributed by atoms with E-state index in [-0.39, 0.29) is 0 Å². The van der Waals surface area contributed by atoms with Gasteiger partial charge in [0.05, 0.1) is 12.3 Å². The third kappa shape index (κ3) is 3.23. The summed E-state index contributed by atoms with van der Waals surface area (Å²) < 4.78 is 7.85. The Labute approximate surface area is 160 Å². The molecule has 2 aromatic rings. The fraction of sp³-hybridized carbons (Fsp3) is 0.650. The van der Waals surface area contributed by atoms with Gasteiger partial charge in [-0.25, -0.2) is 15.0 Å². The Bertz CT molecular complexity index is 805. The minimum absolute atomic E-state index is 0.441. The molecule has 0 bridgehead atoms. The van der Waals surface area contributed by atoms with Crippen LogP contribution in [0.5, 0.6) is 0 Å². The van der Waals surface area contributed by atoms with E-state index in [1.807, 2.05) is 6.20 Å². The molecule has 0 aromatic carbocycles. The van der Waals surface area contributed by atoms with E-state index in [0.29, 0.717) is 12.5 Å². The first-order valence-electron chi connectivity index (χ1n) is 10.1.